The lowest BCUT2D eigenvalue weighted by Gasteiger charge is -2.35. The van der Waals surface area contributed by atoms with Gasteiger partial charge in [0.05, 0.1) is 17.9 Å². The molecule has 2 rings (SSSR count). The largest absolute Gasteiger partial charge is 0.372 e. The lowest BCUT2D eigenvalue weighted by molar-refractivity contribution is -0.0586. The number of hydrogen-bond donors (Lipinski definition) is 1. The van der Waals surface area contributed by atoms with Crippen LogP contribution in [-0.2, 0) is 11.3 Å². The van der Waals surface area contributed by atoms with Crippen molar-refractivity contribution in [2.75, 3.05) is 13.1 Å². The SMILES string of the molecule is C[C@@H]1CN(C(=O)c2ccnc(CN)c2)C[C@H](C)O1. The van der Waals surface area contributed by atoms with Crippen LogP contribution in [0.3, 0.4) is 0 Å². The maximum atomic E-state index is 12.4. The zero-order valence-corrected chi connectivity index (χ0v) is 10.8. The summed E-state index contributed by atoms with van der Waals surface area (Å²) in [5, 5.41) is 0. The Morgan fingerprint density at radius 2 is 2.17 bits per heavy atom. The lowest BCUT2D eigenvalue weighted by atomic mass is 10.1. The van der Waals surface area contributed by atoms with Crippen molar-refractivity contribution in [1.82, 2.24) is 9.88 Å². The summed E-state index contributed by atoms with van der Waals surface area (Å²) in [5.41, 5.74) is 6.91. The van der Waals surface area contributed by atoms with Gasteiger partial charge in [-0.2, -0.15) is 0 Å². The molecule has 0 bridgehead atoms. The second kappa shape index (κ2) is 5.46. The number of hydrogen-bond acceptors (Lipinski definition) is 4. The van der Waals surface area contributed by atoms with E-state index in [1.165, 1.54) is 0 Å². The minimum Gasteiger partial charge on any atom is -0.372 e. The second-order valence-electron chi connectivity index (χ2n) is 4.71. The number of carbonyl (C=O) groups excluding carboxylic acids is 1. The van der Waals surface area contributed by atoms with E-state index in [-0.39, 0.29) is 18.1 Å². The number of nitrogens with two attached hydrogens (primary N) is 1. The molecule has 1 fully saturated rings. The molecule has 0 aliphatic carbocycles. The lowest BCUT2D eigenvalue weighted by Crippen LogP contribution is -2.48. The highest BCUT2D eigenvalue weighted by Crippen LogP contribution is 2.14. The smallest absolute Gasteiger partial charge is 0.254 e. The predicted molar refractivity (Wildman–Crippen MR) is 68.0 cm³/mol. The Morgan fingerprint density at radius 1 is 1.50 bits per heavy atom. The Hall–Kier alpha value is -1.46. The molecular formula is C13H19N3O2. The van der Waals surface area contributed by atoms with E-state index in [9.17, 15) is 4.79 Å². The highest BCUT2D eigenvalue weighted by molar-refractivity contribution is 5.94. The Bertz CT molecular complexity index is 426. The normalized spacial score (nSPS) is 24.1. The predicted octanol–water partition coefficient (Wildman–Crippen LogP) is 0.790. The van der Waals surface area contributed by atoms with Crippen LogP contribution < -0.4 is 5.73 Å². The van der Waals surface area contributed by atoms with Gasteiger partial charge in [0.1, 0.15) is 0 Å². The Labute approximate surface area is 107 Å². The number of amides is 1. The summed E-state index contributed by atoms with van der Waals surface area (Å²) in [5.74, 6) is 0.0223. The summed E-state index contributed by atoms with van der Waals surface area (Å²) >= 11 is 0. The molecule has 2 atom stereocenters. The maximum Gasteiger partial charge on any atom is 0.254 e. The Morgan fingerprint density at radius 3 is 2.78 bits per heavy atom. The molecule has 0 radical (unpaired) electrons. The van der Waals surface area contributed by atoms with Gasteiger partial charge in [0.2, 0.25) is 0 Å². The van der Waals surface area contributed by atoms with Gasteiger partial charge in [0.15, 0.2) is 0 Å². The summed E-state index contributed by atoms with van der Waals surface area (Å²) in [6, 6.07) is 3.49. The van der Waals surface area contributed by atoms with E-state index < -0.39 is 0 Å². The first-order valence-electron chi connectivity index (χ1n) is 6.20. The van der Waals surface area contributed by atoms with Crippen LogP contribution in [0.25, 0.3) is 0 Å². The van der Waals surface area contributed by atoms with E-state index in [2.05, 4.69) is 4.98 Å². The minimum atomic E-state index is 0.0223. The summed E-state index contributed by atoms with van der Waals surface area (Å²) in [4.78, 5) is 18.3. The molecule has 0 unspecified atom stereocenters. The van der Waals surface area contributed by atoms with Crippen molar-refractivity contribution in [2.45, 2.75) is 32.6 Å². The van der Waals surface area contributed by atoms with Crippen LogP contribution in [-0.4, -0.2) is 41.1 Å². The fourth-order valence-corrected chi connectivity index (χ4v) is 2.25. The first-order valence-corrected chi connectivity index (χ1v) is 6.20. The molecule has 0 saturated carbocycles. The second-order valence-corrected chi connectivity index (χ2v) is 4.71. The molecule has 2 heterocycles. The van der Waals surface area contributed by atoms with E-state index in [4.69, 9.17) is 10.5 Å². The highest BCUT2D eigenvalue weighted by atomic mass is 16.5. The van der Waals surface area contributed by atoms with Crippen LogP contribution in [0.1, 0.15) is 29.9 Å². The van der Waals surface area contributed by atoms with Crippen LogP contribution in [0.5, 0.6) is 0 Å². The molecule has 1 aliphatic heterocycles. The third-order valence-electron chi connectivity index (χ3n) is 2.98. The number of carbonyl (C=O) groups is 1. The van der Waals surface area contributed by atoms with Gasteiger partial charge >= 0.3 is 0 Å². The number of morpholine rings is 1. The van der Waals surface area contributed by atoms with E-state index in [1.807, 2.05) is 18.7 Å². The average molecular weight is 249 g/mol. The fraction of sp³-hybridized carbons (Fsp3) is 0.538. The third-order valence-corrected chi connectivity index (χ3v) is 2.98. The first kappa shape index (κ1) is 13.0. The van der Waals surface area contributed by atoms with Crippen molar-refractivity contribution in [2.24, 2.45) is 5.73 Å². The zero-order chi connectivity index (χ0) is 13.1. The van der Waals surface area contributed by atoms with Crippen molar-refractivity contribution < 1.29 is 9.53 Å². The molecular weight excluding hydrogens is 230 g/mol. The van der Waals surface area contributed by atoms with Gasteiger partial charge in [0.25, 0.3) is 5.91 Å². The van der Waals surface area contributed by atoms with Crippen LogP contribution in [0.2, 0.25) is 0 Å². The van der Waals surface area contributed by atoms with Crippen molar-refractivity contribution in [1.29, 1.82) is 0 Å². The Balaban J connectivity index is 2.14. The van der Waals surface area contributed by atoms with E-state index in [0.717, 1.165) is 5.69 Å². The average Bonchev–Trinajstić information content (AvgIpc) is 2.37. The highest BCUT2D eigenvalue weighted by Gasteiger charge is 2.26. The van der Waals surface area contributed by atoms with Gasteiger partial charge in [-0.05, 0) is 26.0 Å². The van der Waals surface area contributed by atoms with Gasteiger partial charge in [0, 0.05) is 31.4 Å². The molecule has 1 aliphatic rings. The number of nitrogens with zero attached hydrogens (tertiary/aromatic N) is 2. The molecule has 0 aromatic carbocycles. The third kappa shape index (κ3) is 2.86. The van der Waals surface area contributed by atoms with Crippen LogP contribution in [0.15, 0.2) is 18.3 Å². The first-order chi connectivity index (χ1) is 8.60. The Kier molecular flexibility index (Phi) is 3.93. The van der Waals surface area contributed by atoms with Crippen LogP contribution >= 0.6 is 0 Å². The molecule has 1 aromatic rings. The number of aromatic nitrogens is 1. The van der Waals surface area contributed by atoms with Crippen molar-refractivity contribution in [3.63, 3.8) is 0 Å². The summed E-state index contributed by atoms with van der Waals surface area (Å²) < 4.78 is 5.62. The standard InChI is InChI=1S/C13H19N3O2/c1-9-7-16(8-10(2)18-9)13(17)11-3-4-15-12(5-11)6-14/h3-5,9-10H,6-8,14H2,1-2H3/t9-,10+. The minimum absolute atomic E-state index is 0.0223. The fourth-order valence-electron chi connectivity index (χ4n) is 2.25. The van der Waals surface area contributed by atoms with Gasteiger partial charge in [-0.3, -0.25) is 9.78 Å². The molecule has 98 valence electrons. The molecule has 2 N–H and O–H groups in total. The number of ether oxygens (including phenoxy) is 1. The molecule has 1 aromatic heterocycles. The molecule has 18 heavy (non-hydrogen) atoms. The van der Waals surface area contributed by atoms with Crippen LogP contribution in [0, 0.1) is 0 Å². The van der Waals surface area contributed by atoms with Gasteiger partial charge in [-0.1, -0.05) is 0 Å². The molecule has 0 spiro atoms. The number of pyridine rings is 1. The maximum absolute atomic E-state index is 12.4. The summed E-state index contributed by atoms with van der Waals surface area (Å²) in [6.07, 6.45) is 1.78. The molecule has 1 amide bonds. The topological polar surface area (TPSA) is 68.5 Å². The van der Waals surface area contributed by atoms with Crippen LogP contribution in [0.4, 0.5) is 0 Å². The van der Waals surface area contributed by atoms with E-state index >= 15 is 0 Å². The van der Waals surface area contributed by atoms with Crippen molar-refractivity contribution in [3.8, 4) is 0 Å². The zero-order valence-electron chi connectivity index (χ0n) is 10.8. The van der Waals surface area contributed by atoms with Gasteiger partial charge in [-0.15, -0.1) is 0 Å². The van der Waals surface area contributed by atoms with Gasteiger partial charge in [-0.25, -0.2) is 0 Å². The van der Waals surface area contributed by atoms with Crippen molar-refractivity contribution in [3.05, 3.63) is 29.6 Å². The molecule has 1 saturated heterocycles. The van der Waals surface area contributed by atoms with E-state index in [0.29, 0.717) is 25.2 Å². The van der Waals surface area contributed by atoms with Gasteiger partial charge < -0.3 is 15.4 Å². The molecule has 5 nitrogen and oxygen atoms in total. The monoisotopic (exact) mass is 249 g/mol. The van der Waals surface area contributed by atoms with E-state index in [1.54, 1.807) is 18.3 Å². The number of rotatable bonds is 2. The quantitative estimate of drug-likeness (QED) is 0.841. The molecule has 5 heteroatoms. The summed E-state index contributed by atoms with van der Waals surface area (Å²) in [7, 11) is 0. The van der Waals surface area contributed by atoms with Crippen molar-refractivity contribution >= 4 is 5.91 Å². The summed E-state index contributed by atoms with van der Waals surface area (Å²) in [6.45, 7) is 5.56.